The number of nitrogens with zero attached hydrogens (tertiary/aromatic N) is 5. The van der Waals surface area contributed by atoms with Crippen molar-refractivity contribution in [1.82, 2.24) is 35.4 Å². The van der Waals surface area contributed by atoms with Crippen molar-refractivity contribution in [3.8, 4) is 5.75 Å². The van der Waals surface area contributed by atoms with E-state index in [0.29, 0.717) is 5.69 Å². The Morgan fingerprint density at radius 3 is 2.48 bits per heavy atom. The van der Waals surface area contributed by atoms with Crippen molar-refractivity contribution >= 4 is 23.8 Å². The van der Waals surface area contributed by atoms with E-state index in [4.69, 9.17) is 0 Å². The summed E-state index contributed by atoms with van der Waals surface area (Å²) in [6.45, 7) is 4.29. The Hall–Kier alpha value is -5.23. The van der Waals surface area contributed by atoms with Crippen LogP contribution in [0.15, 0.2) is 85.5 Å². The molecule has 2 aliphatic rings. The Balaban J connectivity index is 1.50. The highest BCUT2D eigenvalue weighted by atomic mass is 16.3. The van der Waals surface area contributed by atoms with Gasteiger partial charge in [0.25, 0.3) is 5.91 Å². The number of hydrogen-bond acceptors (Lipinski definition) is 7. The SMILES string of the molecule is C=CCN1CC(=O)N2[C@@H](Cc3ccc(O)cc3)C(=O)N(Cc3cccc(C(=O)NC)n3)C[C@@H]2N1C(=O)NCc1ccccc1. The quantitative estimate of drug-likeness (QED) is 0.320. The first kappa shape index (κ1) is 30.2. The normalized spacial score (nSPS) is 18.5. The van der Waals surface area contributed by atoms with Gasteiger partial charge in [0, 0.05) is 26.6 Å². The molecule has 3 heterocycles. The topological polar surface area (TPSA) is 138 Å². The molecule has 0 spiro atoms. The summed E-state index contributed by atoms with van der Waals surface area (Å²) in [5.41, 5.74) is 2.35. The number of urea groups is 1. The van der Waals surface area contributed by atoms with Crippen LogP contribution in [0.5, 0.6) is 5.75 Å². The largest absolute Gasteiger partial charge is 0.508 e. The number of fused-ring (bicyclic) bond motifs is 1. The second kappa shape index (κ2) is 13.4. The van der Waals surface area contributed by atoms with Crippen molar-refractivity contribution in [3.63, 3.8) is 0 Å². The maximum atomic E-state index is 14.1. The fraction of sp³-hybridized carbons (Fsp3) is 0.281. The van der Waals surface area contributed by atoms with Gasteiger partial charge >= 0.3 is 6.03 Å². The zero-order valence-electron chi connectivity index (χ0n) is 24.4. The number of carbonyl (C=O) groups excluding carboxylic acids is 4. The Bertz CT molecular complexity index is 1530. The van der Waals surface area contributed by atoms with Gasteiger partial charge in [0.15, 0.2) is 0 Å². The van der Waals surface area contributed by atoms with E-state index in [1.54, 1.807) is 46.3 Å². The lowest BCUT2D eigenvalue weighted by atomic mass is 9.98. The predicted molar refractivity (Wildman–Crippen MR) is 162 cm³/mol. The molecular weight excluding hydrogens is 562 g/mol. The Morgan fingerprint density at radius 1 is 1.02 bits per heavy atom. The number of pyridine rings is 1. The first-order valence-electron chi connectivity index (χ1n) is 14.3. The number of hydrazine groups is 1. The molecule has 2 aliphatic heterocycles. The summed E-state index contributed by atoms with van der Waals surface area (Å²) in [6, 6.07) is 19.6. The molecule has 0 aliphatic carbocycles. The zero-order valence-corrected chi connectivity index (χ0v) is 24.4. The molecule has 2 fully saturated rings. The number of benzene rings is 2. The van der Waals surface area contributed by atoms with Crippen molar-refractivity contribution in [2.75, 3.05) is 26.7 Å². The Morgan fingerprint density at radius 2 is 1.77 bits per heavy atom. The second-order valence-corrected chi connectivity index (χ2v) is 10.6. The minimum absolute atomic E-state index is 0.0228. The van der Waals surface area contributed by atoms with Crippen LogP contribution >= 0.6 is 0 Å². The number of aromatic hydroxyl groups is 1. The highest BCUT2D eigenvalue weighted by molar-refractivity contribution is 5.92. The number of rotatable bonds is 9. The predicted octanol–water partition coefficient (Wildman–Crippen LogP) is 1.88. The van der Waals surface area contributed by atoms with Gasteiger partial charge in [-0.05, 0) is 35.4 Å². The molecule has 12 nitrogen and oxygen atoms in total. The van der Waals surface area contributed by atoms with E-state index in [1.807, 2.05) is 30.3 Å². The summed E-state index contributed by atoms with van der Waals surface area (Å²) in [4.78, 5) is 61.4. The van der Waals surface area contributed by atoms with Crippen LogP contribution in [-0.2, 0) is 29.1 Å². The number of nitrogens with one attached hydrogen (secondary N) is 2. The van der Waals surface area contributed by atoms with Gasteiger partial charge in [0.1, 0.15) is 23.7 Å². The van der Waals surface area contributed by atoms with Crippen molar-refractivity contribution in [2.45, 2.75) is 31.7 Å². The summed E-state index contributed by atoms with van der Waals surface area (Å²) >= 11 is 0. The van der Waals surface area contributed by atoms with Crippen LogP contribution in [0.2, 0.25) is 0 Å². The molecule has 2 aromatic carbocycles. The molecule has 44 heavy (non-hydrogen) atoms. The molecule has 2 saturated heterocycles. The maximum Gasteiger partial charge on any atom is 0.334 e. The molecule has 1 aromatic heterocycles. The number of amides is 5. The van der Waals surface area contributed by atoms with Crippen LogP contribution in [0, 0.1) is 0 Å². The molecule has 5 amide bonds. The average Bonchev–Trinajstić information content (AvgIpc) is 3.03. The average molecular weight is 598 g/mol. The summed E-state index contributed by atoms with van der Waals surface area (Å²) < 4.78 is 0. The van der Waals surface area contributed by atoms with Crippen LogP contribution in [0.25, 0.3) is 0 Å². The lowest BCUT2D eigenvalue weighted by Gasteiger charge is -2.55. The van der Waals surface area contributed by atoms with Gasteiger partial charge in [-0.1, -0.05) is 54.6 Å². The molecule has 5 rings (SSSR count). The highest BCUT2D eigenvalue weighted by Crippen LogP contribution is 2.29. The number of phenols is 1. The van der Waals surface area contributed by atoms with E-state index in [1.165, 1.54) is 29.1 Å². The van der Waals surface area contributed by atoms with Gasteiger partial charge in [-0.15, -0.1) is 6.58 Å². The van der Waals surface area contributed by atoms with Crippen molar-refractivity contribution in [2.24, 2.45) is 0 Å². The summed E-state index contributed by atoms with van der Waals surface area (Å²) in [5, 5.41) is 18.4. The highest BCUT2D eigenvalue weighted by Gasteiger charge is 2.51. The molecule has 3 aromatic rings. The number of carbonyl (C=O) groups is 4. The lowest BCUT2D eigenvalue weighted by molar-refractivity contribution is -0.189. The smallest absolute Gasteiger partial charge is 0.334 e. The van der Waals surface area contributed by atoms with E-state index >= 15 is 0 Å². The molecule has 2 atom stereocenters. The van der Waals surface area contributed by atoms with E-state index in [2.05, 4.69) is 22.2 Å². The molecular formula is C32H35N7O5. The Labute approximate surface area is 255 Å². The number of hydrogen-bond donors (Lipinski definition) is 3. The van der Waals surface area contributed by atoms with Crippen LogP contribution in [-0.4, -0.2) is 92.6 Å². The van der Waals surface area contributed by atoms with Crippen molar-refractivity contribution in [3.05, 3.63) is 108 Å². The first-order chi connectivity index (χ1) is 21.3. The van der Waals surface area contributed by atoms with Crippen molar-refractivity contribution < 1.29 is 24.3 Å². The third-order valence-corrected chi connectivity index (χ3v) is 7.65. The minimum Gasteiger partial charge on any atom is -0.508 e. The third-order valence-electron chi connectivity index (χ3n) is 7.65. The molecule has 3 N–H and O–H groups in total. The van der Waals surface area contributed by atoms with Crippen LogP contribution in [0.1, 0.15) is 27.3 Å². The van der Waals surface area contributed by atoms with Crippen LogP contribution in [0.4, 0.5) is 4.79 Å². The second-order valence-electron chi connectivity index (χ2n) is 10.6. The zero-order chi connectivity index (χ0) is 31.2. The molecule has 0 radical (unpaired) electrons. The fourth-order valence-electron chi connectivity index (χ4n) is 5.57. The molecule has 0 saturated carbocycles. The maximum absolute atomic E-state index is 14.1. The van der Waals surface area contributed by atoms with E-state index < -0.39 is 18.2 Å². The van der Waals surface area contributed by atoms with Gasteiger partial charge < -0.3 is 25.5 Å². The number of aromatic nitrogens is 1. The standard InChI is InChI=1S/C32H35N7O5/c1-3-16-37-21-29(41)38-27(17-22-12-14-25(40)15-13-22)31(43)36(19-24-10-7-11-26(35-24)30(42)33-2)20-28(38)39(37)32(44)34-18-23-8-5-4-6-9-23/h3-15,27-28,40H,1,16-21H2,2H3,(H,33,42)(H,34,44)/t27-,28-/m0/s1. The van der Waals surface area contributed by atoms with E-state index in [9.17, 15) is 24.3 Å². The number of phenolic OH excluding ortho intramolecular Hbond substituents is 1. The van der Waals surface area contributed by atoms with Crippen molar-refractivity contribution in [1.29, 1.82) is 0 Å². The summed E-state index contributed by atoms with van der Waals surface area (Å²) in [6.07, 6.45) is 0.965. The lowest BCUT2D eigenvalue weighted by Crippen LogP contribution is -2.76. The monoisotopic (exact) mass is 597 g/mol. The van der Waals surface area contributed by atoms with E-state index in [-0.39, 0.29) is 68.3 Å². The molecule has 0 unspecified atom stereocenters. The minimum atomic E-state index is -0.928. The molecule has 12 heteroatoms. The van der Waals surface area contributed by atoms with E-state index in [0.717, 1.165) is 11.1 Å². The van der Waals surface area contributed by atoms with Gasteiger partial charge in [-0.25, -0.2) is 19.8 Å². The molecule has 0 bridgehead atoms. The van der Waals surface area contributed by atoms with Gasteiger partial charge in [-0.2, -0.15) is 0 Å². The van der Waals surface area contributed by atoms with Gasteiger partial charge in [0.2, 0.25) is 11.8 Å². The fourth-order valence-corrected chi connectivity index (χ4v) is 5.57. The van der Waals surface area contributed by atoms with Crippen LogP contribution in [0.3, 0.4) is 0 Å². The van der Waals surface area contributed by atoms with Gasteiger partial charge in [-0.3, -0.25) is 14.4 Å². The number of piperazine rings is 1. The summed E-state index contributed by atoms with van der Waals surface area (Å²) in [5.74, 6) is -0.870. The Kier molecular flexibility index (Phi) is 9.20. The third kappa shape index (κ3) is 6.55. The van der Waals surface area contributed by atoms with Crippen LogP contribution < -0.4 is 10.6 Å². The molecule has 228 valence electrons. The summed E-state index contributed by atoms with van der Waals surface area (Å²) in [7, 11) is 1.51. The first-order valence-corrected chi connectivity index (χ1v) is 14.3. The van der Waals surface area contributed by atoms with Gasteiger partial charge in [0.05, 0.1) is 25.3 Å².